The molecule has 1 rings (SSSR count). The molecule has 0 aromatic carbocycles. The molecular weight excluding hydrogens is 220 g/mol. The van der Waals surface area contributed by atoms with Gasteiger partial charge in [0.2, 0.25) is 11.7 Å². The lowest BCUT2D eigenvalue weighted by Gasteiger charge is -2.26. The number of ketones is 1. The molecule has 17 heavy (non-hydrogen) atoms. The molecule has 1 heterocycles. The molecule has 0 aliphatic rings. The third-order valence-electron chi connectivity index (χ3n) is 2.69. The first-order chi connectivity index (χ1) is 8.09. The second-order valence-electron chi connectivity index (χ2n) is 3.76. The topological polar surface area (TPSA) is 61.3 Å². The van der Waals surface area contributed by atoms with Crippen LogP contribution in [0.1, 0.15) is 37.7 Å². The number of methoxy groups -OCH3 is 1. The molecular formula is C12H18N2O3. The molecule has 5 heteroatoms. The second-order valence-corrected chi connectivity index (χ2v) is 3.76. The molecule has 0 fully saturated rings. The number of carbonyl (C=O) groups is 1. The normalized spacial score (nSPS) is 14.1. The van der Waals surface area contributed by atoms with Crippen molar-refractivity contribution in [2.75, 3.05) is 13.7 Å². The predicted molar refractivity (Wildman–Crippen MR) is 63.2 cm³/mol. The number of carbonyl (C=O) groups excluding carboxylic acids is 1. The number of hydrogen-bond donors (Lipinski definition) is 0. The maximum absolute atomic E-state index is 12.4. The zero-order chi connectivity index (χ0) is 12.9. The van der Waals surface area contributed by atoms with E-state index in [1.807, 2.05) is 13.8 Å². The van der Waals surface area contributed by atoms with Gasteiger partial charge in [-0.2, -0.15) is 0 Å². The van der Waals surface area contributed by atoms with E-state index in [0.717, 1.165) is 0 Å². The fraction of sp³-hybridized carbons (Fsp3) is 0.583. The van der Waals surface area contributed by atoms with Crippen molar-refractivity contribution in [3.63, 3.8) is 0 Å². The van der Waals surface area contributed by atoms with Crippen molar-refractivity contribution in [3.05, 3.63) is 18.1 Å². The Morgan fingerprint density at radius 2 is 2.00 bits per heavy atom. The summed E-state index contributed by atoms with van der Waals surface area (Å²) in [5.74, 6) is 0.0312. The van der Waals surface area contributed by atoms with E-state index in [2.05, 4.69) is 9.97 Å². The molecule has 1 aromatic heterocycles. The molecule has 0 amide bonds. The van der Waals surface area contributed by atoms with Gasteiger partial charge in [-0.3, -0.25) is 4.79 Å². The molecule has 1 aromatic rings. The molecule has 0 spiro atoms. The van der Waals surface area contributed by atoms with Crippen LogP contribution in [-0.4, -0.2) is 35.1 Å². The summed E-state index contributed by atoms with van der Waals surface area (Å²) < 4.78 is 10.6. The number of nitrogens with zero attached hydrogens (tertiary/aromatic N) is 2. The summed E-state index contributed by atoms with van der Waals surface area (Å²) in [4.78, 5) is 20.4. The maximum Gasteiger partial charge on any atom is 0.243 e. The average Bonchev–Trinajstić information content (AvgIpc) is 2.38. The summed E-state index contributed by atoms with van der Waals surface area (Å²) in [6, 6.07) is 0. The molecule has 0 saturated carbocycles. The van der Waals surface area contributed by atoms with Crippen LogP contribution in [0.2, 0.25) is 0 Å². The van der Waals surface area contributed by atoms with Crippen molar-refractivity contribution in [2.24, 2.45) is 0 Å². The van der Waals surface area contributed by atoms with Crippen LogP contribution in [0.3, 0.4) is 0 Å². The lowest BCUT2D eigenvalue weighted by atomic mass is 9.95. The van der Waals surface area contributed by atoms with Crippen molar-refractivity contribution in [1.29, 1.82) is 0 Å². The zero-order valence-electron chi connectivity index (χ0n) is 10.7. The highest BCUT2D eigenvalue weighted by molar-refractivity contribution is 6.02. The largest absolute Gasteiger partial charge is 0.479 e. The number of rotatable bonds is 6. The SMILES string of the molecule is CCOC(C)(CC)C(=O)c1nccnc1OC. The van der Waals surface area contributed by atoms with Gasteiger partial charge in [0.05, 0.1) is 7.11 Å². The van der Waals surface area contributed by atoms with Gasteiger partial charge in [-0.15, -0.1) is 0 Å². The van der Waals surface area contributed by atoms with Crippen molar-refractivity contribution in [3.8, 4) is 5.88 Å². The molecule has 0 saturated heterocycles. The number of ether oxygens (including phenoxy) is 2. The van der Waals surface area contributed by atoms with Crippen LogP contribution in [0.5, 0.6) is 5.88 Å². The Kier molecular flexibility index (Phi) is 4.57. The monoisotopic (exact) mass is 238 g/mol. The molecule has 0 radical (unpaired) electrons. The Bertz CT molecular complexity index is 395. The summed E-state index contributed by atoms with van der Waals surface area (Å²) in [6.45, 7) is 5.98. The standard InChI is InChI=1S/C12H18N2O3/c1-5-12(3,17-6-2)10(15)9-11(16-4)14-8-7-13-9/h7-8H,5-6H2,1-4H3. The van der Waals surface area contributed by atoms with E-state index >= 15 is 0 Å². The molecule has 94 valence electrons. The van der Waals surface area contributed by atoms with E-state index in [0.29, 0.717) is 13.0 Å². The van der Waals surface area contributed by atoms with Crippen molar-refractivity contribution < 1.29 is 14.3 Å². The van der Waals surface area contributed by atoms with Gasteiger partial charge in [-0.1, -0.05) is 6.92 Å². The fourth-order valence-electron chi connectivity index (χ4n) is 1.53. The third-order valence-corrected chi connectivity index (χ3v) is 2.69. The molecule has 0 aliphatic heterocycles. The first-order valence-corrected chi connectivity index (χ1v) is 5.62. The molecule has 5 nitrogen and oxygen atoms in total. The third kappa shape index (κ3) is 2.79. The second kappa shape index (κ2) is 5.72. The van der Waals surface area contributed by atoms with Crippen LogP contribution in [0.25, 0.3) is 0 Å². The van der Waals surface area contributed by atoms with E-state index in [4.69, 9.17) is 9.47 Å². The summed E-state index contributed by atoms with van der Waals surface area (Å²) in [6.07, 6.45) is 3.52. The number of hydrogen-bond acceptors (Lipinski definition) is 5. The number of Topliss-reactive ketones (excluding diaryl/α,β-unsaturated/α-hetero) is 1. The highest BCUT2D eigenvalue weighted by Crippen LogP contribution is 2.24. The first-order valence-electron chi connectivity index (χ1n) is 5.62. The Morgan fingerprint density at radius 1 is 1.35 bits per heavy atom. The smallest absolute Gasteiger partial charge is 0.243 e. The highest BCUT2D eigenvalue weighted by Gasteiger charge is 2.35. The average molecular weight is 238 g/mol. The van der Waals surface area contributed by atoms with Gasteiger partial charge < -0.3 is 9.47 Å². The Balaban J connectivity index is 3.10. The van der Waals surface area contributed by atoms with Gasteiger partial charge in [-0.05, 0) is 20.3 Å². The lowest BCUT2D eigenvalue weighted by molar-refractivity contribution is -0.0122. The van der Waals surface area contributed by atoms with Gasteiger partial charge in [0.15, 0.2) is 5.69 Å². The van der Waals surface area contributed by atoms with Gasteiger partial charge in [-0.25, -0.2) is 9.97 Å². The highest BCUT2D eigenvalue weighted by atomic mass is 16.5. The van der Waals surface area contributed by atoms with Gasteiger partial charge >= 0.3 is 0 Å². The molecule has 0 aliphatic carbocycles. The predicted octanol–water partition coefficient (Wildman–Crippen LogP) is 1.87. The van der Waals surface area contributed by atoms with Crippen molar-refractivity contribution in [2.45, 2.75) is 32.8 Å². The molecule has 0 bridgehead atoms. The minimum absolute atomic E-state index is 0.202. The van der Waals surface area contributed by atoms with Gasteiger partial charge in [0.25, 0.3) is 0 Å². The van der Waals surface area contributed by atoms with Crippen LogP contribution in [0.4, 0.5) is 0 Å². The van der Waals surface area contributed by atoms with E-state index in [1.165, 1.54) is 19.5 Å². The summed E-state index contributed by atoms with van der Waals surface area (Å²) in [5, 5.41) is 0. The summed E-state index contributed by atoms with van der Waals surface area (Å²) in [5.41, 5.74) is -0.661. The Labute approximate surface area is 101 Å². The Morgan fingerprint density at radius 3 is 2.53 bits per heavy atom. The van der Waals surface area contributed by atoms with E-state index < -0.39 is 5.60 Å². The lowest BCUT2D eigenvalue weighted by Crippen LogP contribution is -2.38. The molecule has 1 unspecified atom stereocenters. The van der Waals surface area contributed by atoms with E-state index in [-0.39, 0.29) is 17.4 Å². The molecule has 0 N–H and O–H groups in total. The Hall–Kier alpha value is -1.49. The molecule has 1 atom stereocenters. The minimum Gasteiger partial charge on any atom is -0.479 e. The fourth-order valence-corrected chi connectivity index (χ4v) is 1.53. The van der Waals surface area contributed by atoms with E-state index in [1.54, 1.807) is 6.92 Å². The van der Waals surface area contributed by atoms with Crippen LogP contribution in [-0.2, 0) is 4.74 Å². The summed E-state index contributed by atoms with van der Waals surface area (Å²) in [7, 11) is 1.46. The van der Waals surface area contributed by atoms with Crippen molar-refractivity contribution >= 4 is 5.78 Å². The van der Waals surface area contributed by atoms with Crippen LogP contribution >= 0.6 is 0 Å². The van der Waals surface area contributed by atoms with E-state index in [9.17, 15) is 4.79 Å². The van der Waals surface area contributed by atoms with Gasteiger partial charge in [0, 0.05) is 19.0 Å². The first kappa shape index (κ1) is 13.6. The summed E-state index contributed by atoms with van der Waals surface area (Å²) >= 11 is 0. The van der Waals surface area contributed by atoms with Crippen LogP contribution in [0.15, 0.2) is 12.4 Å². The van der Waals surface area contributed by atoms with Gasteiger partial charge in [0.1, 0.15) is 5.60 Å². The maximum atomic E-state index is 12.4. The zero-order valence-corrected chi connectivity index (χ0v) is 10.7. The minimum atomic E-state index is -0.877. The van der Waals surface area contributed by atoms with Crippen LogP contribution in [0, 0.1) is 0 Å². The quantitative estimate of drug-likeness (QED) is 0.708. The van der Waals surface area contributed by atoms with Crippen LogP contribution < -0.4 is 4.74 Å². The van der Waals surface area contributed by atoms with Crippen molar-refractivity contribution in [1.82, 2.24) is 9.97 Å². The number of aromatic nitrogens is 2.